The first kappa shape index (κ1) is 19.9. The average Bonchev–Trinajstić information content (AvgIpc) is 3.16. The number of carbonyl (C=O) groups excluding carboxylic acids is 1. The van der Waals surface area contributed by atoms with Crippen molar-refractivity contribution in [1.29, 1.82) is 0 Å². The van der Waals surface area contributed by atoms with Gasteiger partial charge in [-0.3, -0.25) is 9.52 Å². The summed E-state index contributed by atoms with van der Waals surface area (Å²) in [6.07, 6.45) is 1.49. The molecule has 0 bridgehead atoms. The molecule has 1 aromatic heterocycles. The summed E-state index contributed by atoms with van der Waals surface area (Å²) < 4.78 is 45.8. The van der Waals surface area contributed by atoms with Crippen molar-refractivity contribution < 1.29 is 22.0 Å². The molecule has 9 heteroatoms. The first-order chi connectivity index (χ1) is 13.3. The van der Waals surface area contributed by atoms with Crippen molar-refractivity contribution in [3.05, 3.63) is 83.0 Å². The van der Waals surface area contributed by atoms with Gasteiger partial charge in [0.05, 0.1) is 28.3 Å². The Kier molecular flexibility index (Phi) is 5.71. The molecule has 2 aromatic carbocycles. The lowest BCUT2D eigenvalue weighted by Crippen LogP contribution is -2.26. The van der Waals surface area contributed by atoms with Gasteiger partial charge in [0.1, 0.15) is 11.6 Å². The molecule has 0 aliphatic rings. The van der Waals surface area contributed by atoms with Crippen LogP contribution in [-0.4, -0.2) is 26.3 Å². The van der Waals surface area contributed by atoms with Crippen molar-refractivity contribution in [2.24, 2.45) is 0 Å². The molecule has 6 nitrogen and oxygen atoms in total. The highest BCUT2D eigenvalue weighted by Crippen LogP contribution is 2.24. The van der Waals surface area contributed by atoms with Gasteiger partial charge in [0.25, 0.3) is 15.9 Å². The van der Waals surface area contributed by atoms with Crippen molar-refractivity contribution in [2.75, 3.05) is 11.8 Å². The van der Waals surface area contributed by atoms with Crippen LogP contribution in [-0.2, 0) is 16.6 Å². The standard InChI is InChI=1S/C19H16ClFN2O4S/c1-23(12-15-3-2-10-27-15)19(24)17-11-16(8-9-18(17)20)28(25,26)22-14-6-4-13(21)5-7-14/h2-11,22H,12H2,1H3. The van der Waals surface area contributed by atoms with Gasteiger partial charge in [-0.15, -0.1) is 0 Å². The Balaban J connectivity index is 1.85. The zero-order valence-corrected chi connectivity index (χ0v) is 16.3. The lowest BCUT2D eigenvalue weighted by molar-refractivity contribution is 0.0775. The number of furan rings is 1. The van der Waals surface area contributed by atoms with Gasteiger partial charge in [0.2, 0.25) is 0 Å². The second-order valence-electron chi connectivity index (χ2n) is 5.99. The minimum atomic E-state index is -3.99. The molecule has 0 unspecified atom stereocenters. The number of anilines is 1. The largest absolute Gasteiger partial charge is 0.467 e. The molecular formula is C19H16ClFN2O4S. The Morgan fingerprint density at radius 3 is 2.54 bits per heavy atom. The highest BCUT2D eigenvalue weighted by Gasteiger charge is 2.21. The Labute approximate surface area is 166 Å². The zero-order chi connectivity index (χ0) is 20.3. The summed E-state index contributed by atoms with van der Waals surface area (Å²) in [6, 6.07) is 12.1. The smallest absolute Gasteiger partial charge is 0.261 e. The fourth-order valence-electron chi connectivity index (χ4n) is 2.48. The van der Waals surface area contributed by atoms with Crippen LogP contribution in [0.1, 0.15) is 16.1 Å². The van der Waals surface area contributed by atoms with E-state index in [1.807, 2.05) is 0 Å². The molecule has 3 rings (SSSR count). The molecule has 146 valence electrons. The molecule has 0 atom stereocenters. The van der Waals surface area contributed by atoms with Crippen LogP contribution in [0.4, 0.5) is 10.1 Å². The molecular weight excluding hydrogens is 407 g/mol. The van der Waals surface area contributed by atoms with Gasteiger partial charge in [-0.1, -0.05) is 11.6 Å². The normalized spacial score (nSPS) is 11.2. The number of halogens is 2. The van der Waals surface area contributed by atoms with E-state index in [0.717, 1.165) is 12.1 Å². The van der Waals surface area contributed by atoms with E-state index in [9.17, 15) is 17.6 Å². The van der Waals surface area contributed by atoms with E-state index < -0.39 is 21.7 Å². The number of benzene rings is 2. The number of hydrogen-bond donors (Lipinski definition) is 1. The highest BCUT2D eigenvalue weighted by atomic mass is 35.5. The number of hydrogen-bond acceptors (Lipinski definition) is 4. The van der Waals surface area contributed by atoms with Crippen LogP contribution >= 0.6 is 11.6 Å². The molecule has 0 aliphatic carbocycles. The summed E-state index contributed by atoms with van der Waals surface area (Å²) in [6.45, 7) is 0.201. The van der Waals surface area contributed by atoms with Gasteiger partial charge < -0.3 is 9.32 Å². The fraction of sp³-hybridized carbons (Fsp3) is 0.105. The number of carbonyl (C=O) groups is 1. The maximum atomic E-state index is 13.0. The van der Waals surface area contributed by atoms with Crippen LogP contribution in [0, 0.1) is 5.82 Å². The topological polar surface area (TPSA) is 79.6 Å². The van der Waals surface area contributed by atoms with Crippen molar-refractivity contribution in [3.8, 4) is 0 Å². The summed E-state index contributed by atoms with van der Waals surface area (Å²) in [5.74, 6) is -0.365. The summed E-state index contributed by atoms with van der Waals surface area (Å²) in [4.78, 5) is 13.9. The van der Waals surface area contributed by atoms with Crippen molar-refractivity contribution >= 4 is 33.2 Å². The van der Waals surface area contributed by atoms with E-state index in [1.54, 1.807) is 19.2 Å². The number of amides is 1. The number of rotatable bonds is 6. The molecule has 1 N–H and O–H groups in total. The monoisotopic (exact) mass is 422 g/mol. The average molecular weight is 423 g/mol. The van der Waals surface area contributed by atoms with Crippen LogP contribution in [0.15, 0.2) is 70.2 Å². The van der Waals surface area contributed by atoms with Gasteiger partial charge in [0, 0.05) is 12.7 Å². The molecule has 1 heterocycles. The Hall–Kier alpha value is -2.84. The number of sulfonamides is 1. The summed E-state index contributed by atoms with van der Waals surface area (Å²) >= 11 is 6.12. The third kappa shape index (κ3) is 4.52. The van der Waals surface area contributed by atoms with Gasteiger partial charge in [-0.2, -0.15) is 0 Å². The zero-order valence-electron chi connectivity index (χ0n) is 14.7. The van der Waals surface area contributed by atoms with Crippen LogP contribution in [0.3, 0.4) is 0 Å². The lowest BCUT2D eigenvalue weighted by Gasteiger charge is -2.17. The molecule has 1 amide bonds. The molecule has 0 radical (unpaired) electrons. The predicted octanol–water partition coefficient (Wildman–Crippen LogP) is 4.15. The molecule has 28 heavy (non-hydrogen) atoms. The van der Waals surface area contributed by atoms with E-state index in [1.165, 1.54) is 41.5 Å². The maximum absolute atomic E-state index is 13.0. The van der Waals surface area contributed by atoms with Crippen molar-refractivity contribution in [2.45, 2.75) is 11.4 Å². The van der Waals surface area contributed by atoms with Crippen molar-refractivity contribution in [3.63, 3.8) is 0 Å². The first-order valence-electron chi connectivity index (χ1n) is 8.12. The van der Waals surface area contributed by atoms with E-state index in [0.29, 0.717) is 5.76 Å². The second-order valence-corrected chi connectivity index (χ2v) is 8.08. The minimum absolute atomic E-state index is 0.0395. The summed E-state index contributed by atoms with van der Waals surface area (Å²) in [5.41, 5.74) is 0.233. The van der Waals surface area contributed by atoms with Crippen LogP contribution in [0.25, 0.3) is 0 Å². The molecule has 3 aromatic rings. The van der Waals surface area contributed by atoms with E-state index in [2.05, 4.69) is 4.72 Å². The summed E-state index contributed by atoms with van der Waals surface area (Å²) in [5, 5.41) is 0.122. The van der Waals surface area contributed by atoms with Crippen LogP contribution < -0.4 is 4.72 Å². The molecule has 0 fully saturated rings. The van der Waals surface area contributed by atoms with Crippen LogP contribution in [0.5, 0.6) is 0 Å². The Morgan fingerprint density at radius 2 is 1.89 bits per heavy atom. The third-order valence-corrected chi connectivity index (χ3v) is 5.60. The van der Waals surface area contributed by atoms with E-state index in [-0.39, 0.29) is 27.7 Å². The Bertz CT molecular complexity index is 1080. The van der Waals surface area contributed by atoms with E-state index in [4.69, 9.17) is 16.0 Å². The van der Waals surface area contributed by atoms with Crippen molar-refractivity contribution in [1.82, 2.24) is 4.90 Å². The summed E-state index contributed by atoms with van der Waals surface area (Å²) in [7, 11) is -2.44. The third-order valence-electron chi connectivity index (χ3n) is 3.89. The van der Waals surface area contributed by atoms with Crippen LogP contribution in [0.2, 0.25) is 5.02 Å². The molecule has 0 saturated carbocycles. The highest BCUT2D eigenvalue weighted by molar-refractivity contribution is 7.92. The van der Waals surface area contributed by atoms with Gasteiger partial charge in [-0.25, -0.2) is 12.8 Å². The number of nitrogens with one attached hydrogen (secondary N) is 1. The Morgan fingerprint density at radius 1 is 1.18 bits per heavy atom. The predicted molar refractivity (Wildman–Crippen MR) is 103 cm³/mol. The molecule has 0 spiro atoms. The number of nitrogens with zero attached hydrogens (tertiary/aromatic N) is 1. The fourth-order valence-corrected chi connectivity index (χ4v) is 3.76. The van der Waals surface area contributed by atoms with Gasteiger partial charge in [0.15, 0.2) is 0 Å². The second kappa shape index (κ2) is 8.04. The van der Waals surface area contributed by atoms with Gasteiger partial charge >= 0.3 is 0 Å². The minimum Gasteiger partial charge on any atom is -0.467 e. The van der Waals surface area contributed by atoms with E-state index >= 15 is 0 Å². The SMILES string of the molecule is CN(Cc1ccco1)C(=O)c1cc(S(=O)(=O)Nc2ccc(F)cc2)ccc1Cl. The quantitative estimate of drug-likeness (QED) is 0.647. The maximum Gasteiger partial charge on any atom is 0.261 e. The molecule has 0 saturated heterocycles. The molecule has 0 aliphatic heterocycles. The lowest BCUT2D eigenvalue weighted by atomic mass is 10.2. The van der Waals surface area contributed by atoms with Gasteiger partial charge in [-0.05, 0) is 54.6 Å². The first-order valence-corrected chi connectivity index (χ1v) is 9.98.